The maximum atomic E-state index is 13.1. The number of nitrogens with one attached hydrogen (secondary N) is 1. The van der Waals surface area contributed by atoms with Gasteiger partial charge in [0.2, 0.25) is 0 Å². The van der Waals surface area contributed by atoms with Gasteiger partial charge in [0.25, 0.3) is 0 Å². The second-order valence-corrected chi connectivity index (χ2v) is 5.90. The molecule has 1 N–H and O–H groups in total. The summed E-state index contributed by atoms with van der Waals surface area (Å²) < 4.78 is 41.0. The first kappa shape index (κ1) is 19.0. The average Bonchev–Trinajstić information content (AvgIpc) is 3.01. The molecule has 0 unspecified atom stereocenters. The number of fused-ring (bicyclic) bond motifs is 3. The largest absolute Gasteiger partial charge is 0.416 e. The molecule has 4 rings (SSSR count). The summed E-state index contributed by atoms with van der Waals surface area (Å²) in [6, 6.07) is 10.6. The molecule has 0 spiro atoms. The first-order chi connectivity index (χ1) is 13.0. The van der Waals surface area contributed by atoms with E-state index in [1.165, 1.54) is 12.1 Å². The third-order valence-corrected chi connectivity index (χ3v) is 4.32. The highest BCUT2D eigenvalue weighted by Gasteiger charge is 2.31. The number of halogens is 3. The van der Waals surface area contributed by atoms with Crippen LogP contribution >= 0.6 is 0 Å². The van der Waals surface area contributed by atoms with Crippen LogP contribution in [0.3, 0.4) is 0 Å². The first-order valence-corrected chi connectivity index (χ1v) is 8.90. The molecule has 0 aliphatic carbocycles. The van der Waals surface area contributed by atoms with Crippen molar-refractivity contribution in [1.29, 1.82) is 0 Å². The molecule has 27 heavy (non-hydrogen) atoms. The monoisotopic (exact) mass is 371 g/mol. The molecule has 2 aromatic heterocycles. The lowest BCUT2D eigenvalue weighted by molar-refractivity contribution is -0.137. The normalized spacial score (nSPS) is 13.2. The number of rotatable bonds is 0. The SMILES string of the molecule is CC.FC(F)(F)c1ccc2c(c1)c1c(n2C#Cc2cccnc2)CCNC1. The Labute approximate surface area is 156 Å². The van der Waals surface area contributed by atoms with Crippen molar-refractivity contribution in [1.82, 2.24) is 14.9 Å². The van der Waals surface area contributed by atoms with Crippen molar-refractivity contribution >= 4 is 10.9 Å². The Hall–Kier alpha value is -2.78. The van der Waals surface area contributed by atoms with Crippen molar-refractivity contribution < 1.29 is 13.2 Å². The molecule has 0 atom stereocenters. The number of benzene rings is 1. The second kappa shape index (κ2) is 7.85. The van der Waals surface area contributed by atoms with Crippen molar-refractivity contribution in [3.63, 3.8) is 0 Å². The number of pyridine rings is 1. The Balaban J connectivity index is 0.00000102. The molecule has 0 saturated carbocycles. The molecule has 6 heteroatoms. The number of aromatic nitrogens is 2. The van der Waals surface area contributed by atoms with Gasteiger partial charge in [0.05, 0.1) is 11.1 Å². The maximum absolute atomic E-state index is 13.1. The summed E-state index contributed by atoms with van der Waals surface area (Å²) in [7, 11) is 0. The van der Waals surface area contributed by atoms with Gasteiger partial charge in [0.1, 0.15) is 0 Å². The first-order valence-electron chi connectivity index (χ1n) is 8.90. The standard InChI is InChI=1S/C19H14F3N3.C2H6/c20-19(21,22)14-3-4-17-15(10-14)16-12-24-8-5-18(16)25(17)9-6-13-2-1-7-23-11-13;1-2/h1-4,7,10-11,24H,5,8,12H2;1-2H3. The smallest absolute Gasteiger partial charge is 0.312 e. The Kier molecular flexibility index (Phi) is 5.52. The molecule has 0 saturated heterocycles. The van der Waals surface area contributed by atoms with Crippen LogP contribution in [-0.2, 0) is 19.1 Å². The lowest BCUT2D eigenvalue weighted by Crippen LogP contribution is -2.24. The lowest BCUT2D eigenvalue weighted by atomic mass is 10.0. The van der Waals surface area contributed by atoms with Crippen molar-refractivity contribution in [3.05, 3.63) is 65.1 Å². The van der Waals surface area contributed by atoms with Crippen molar-refractivity contribution in [2.75, 3.05) is 6.54 Å². The zero-order chi connectivity index (χ0) is 19.4. The summed E-state index contributed by atoms with van der Waals surface area (Å²) in [5.41, 5.74) is 2.71. The summed E-state index contributed by atoms with van der Waals surface area (Å²) in [6.07, 6.45) is -0.295. The van der Waals surface area contributed by atoms with Gasteiger partial charge in [-0.05, 0) is 41.8 Å². The van der Waals surface area contributed by atoms with E-state index in [9.17, 15) is 13.2 Å². The van der Waals surface area contributed by atoms with Gasteiger partial charge >= 0.3 is 6.18 Å². The molecular weight excluding hydrogens is 351 g/mol. The predicted octanol–water partition coefficient (Wildman–Crippen LogP) is 4.58. The summed E-state index contributed by atoms with van der Waals surface area (Å²) in [4.78, 5) is 4.03. The Morgan fingerprint density at radius 3 is 2.70 bits per heavy atom. The summed E-state index contributed by atoms with van der Waals surface area (Å²) in [6.45, 7) is 5.33. The van der Waals surface area contributed by atoms with Crippen LogP contribution in [-0.4, -0.2) is 16.1 Å². The van der Waals surface area contributed by atoms with Gasteiger partial charge in [0, 0.05) is 54.6 Å². The van der Waals surface area contributed by atoms with Gasteiger partial charge in [-0.25, -0.2) is 0 Å². The fraction of sp³-hybridized carbons (Fsp3) is 0.286. The van der Waals surface area contributed by atoms with Crippen LogP contribution in [0, 0.1) is 12.0 Å². The van der Waals surface area contributed by atoms with E-state index in [0.29, 0.717) is 17.4 Å². The molecule has 1 aliphatic heterocycles. The molecule has 0 radical (unpaired) electrons. The number of hydrogen-bond donors (Lipinski definition) is 1. The third kappa shape index (κ3) is 3.83. The third-order valence-electron chi connectivity index (χ3n) is 4.32. The highest BCUT2D eigenvalue weighted by Crippen LogP contribution is 2.35. The van der Waals surface area contributed by atoms with E-state index in [1.807, 2.05) is 24.5 Å². The van der Waals surface area contributed by atoms with E-state index in [2.05, 4.69) is 22.3 Å². The Bertz CT molecular complexity index is 993. The molecule has 0 fully saturated rings. The van der Waals surface area contributed by atoms with Crippen LogP contribution in [0.5, 0.6) is 0 Å². The summed E-state index contributed by atoms with van der Waals surface area (Å²) >= 11 is 0. The van der Waals surface area contributed by atoms with E-state index in [4.69, 9.17) is 0 Å². The second-order valence-electron chi connectivity index (χ2n) is 5.90. The number of nitrogens with zero attached hydrogens (tertiary/aromatic N) is 2. The fourth-order valence-corrected chi connectivity index (χ4v) is 3.15. The number of hydrogen-bond acceptors (Lipinski definition) is 2. The van der Waals surface area contributed by atoms with Gasteiger partial charge < -0.3 is 5.32 Å². The number of alkyl halides is 3. The highest BCUT2D eigenvalue weighted by atomic mass is 19.4. The van der Waals surface area contributed by atoms with Gasteiger partial charge in [-0.15, -0.1) is 0 Å². The lowest BCUT2D eigenvalue weighted by Gasteiger charge is -2.14. The molecule has 1 aliphatic rings. The minimum Gasteiger partial charge on any atom is -0.312 e. The topological polar surface area (TPSA) is 29.9 Å². The molecule has 0 bridgehead atoms. The van der Waals surface area contributed by atoms with Crippen molar-refractivity contribution in [2.24, 2.45) is 0 Å². The molecule has 3 aromatic rings. The van der Waals surface area contributed by atoms with Gasteiger partial charge in [-0.2, -0.15) is 13.2 Å². The molecule has 140 valence electrons. The highest BCUT2D eigenvalue weighted by molar-refractivity contribution is 5.87. The van der Waals surface area contributed by atoms with E-state index >= 15 is 0 Å². The van der Waals surface area contributed by atoms with Crippen LogP contribution in [0.25, 0.3) is 10.9 Å². The Morgan fingerprint density at radius 1 is 1.19 bits per heavy atom. The fourth-order valence-electron chi connectivity index (χ4n) is 3.15. The molecule has 3 nitrogen and oxygen atoms in total. The van der Waals surface area contributed by atoms with Crippen molar-refractivity contribution in [3.8, 4) is 12.0 Å². The zero-order valence-electron chi connectivity index (χ0n) is 15.2. The van der Waals surface area contributed by atoms with Crippen LogP contribution in [0.1, 0.15) is 36.2 Å². The molecule has 0 amide bonds. The average molecular weight is 371 g/mol. The maximum Gasteiger partial charge on any atom is 0.416 e. The van der Waals surface area contributed by atoms with Crippen LogP contribution in [0.15, 0.2) is 42.7 Å². The minimum absolute atomic E-state index is 0.550. The molecule has 1 aromatic carbocycles. The van der Waals surface area contributed by atoms with Gasteiger partial charge in [-0.3, -0.25) is 9.55 Å². The van der Waals surface area contributed by atoms with E-state index in [0.717, 1.165) is 35.9 Å². The van der Waals surface area contributed by atoms with Gasteiger partial charge in [0.15, 0.2) is 0 Å². The minimum atomic E-state index is -4.35. The summed E-state index contributed by atoms with van der Waals surface area (Å²) in [5, 5.41) is 3.83. The van der Waals surface area contributed by atoms with E-state index in [-0.39, 0.29) is 0 Å². The summed E-state index contributed by atoms with van der Waals surface area (Å²) in [5.74, 6) is 3.04. The van der Waals surface area contributed by atoms with E-state index in [1.54, 1.807) is 18.5 Å². The molecule has 3 heterocycles. The van der Waals surface area contributed by atoms with Crippen molar-refractivity contribution in [2.45, 2.75) is 33.0 Å². The molecular formula is C21H20F3N3. The zero-order valence-corrected chi connectivity index (χ0v) is 15.2. The van der Waals surface area contributed by atoms with E-state index < -0.39 is 11.7 Å². The Morgan fingerprint density at radius 2 is 2.00 bits per heavy atom. The quantitative estimate of drug-likeness (QED) is 0.586. The predicted molar refractivity (Wildman–Crippen MR) is 100 cm³/mol. The van der Waals surface area contributed by atoms with Crippen LogP contribution in [0.2, 0.25) is 0 Å². The van der Waals surface area contributed by atoms with Crippen LogP contribution < -0.4 is 5.32 Å². The van der Waals surface area contributed by atoms with Crippen LogP contribution in [0.4, 0.5) is 13.2 Å². The van der Waals surface area contributed by atoms with Gasteiger partial charge in [-0.1, -0.05) is 13.8 Å².